The Morgan fingerprint density at radius 3 is 2.59 bits per heavy atom. The van der Waals surface area contributed by atoms with Crippen LogP contribution in [-0.4, -0.2) is 39.5 Å². The van der Waals surface area contributed by atoms with Crippen molar-refractivity contribution in [2.24, 2.45) is 9.98 Å². The molecule has 0 fully saturated rings. The van der Waals surface area contributed by atoms with Gasteiger partial charge in [-0.05, 0) is 29.8 Å². The van der Waals surface area contributed by atoms with Crippen LogP contribution in [0.5, 0.6) is 0 Å². The molecule has 2 aliphatic rings. The van der Waals surface area contributed by atoms with Gasteiger partial charge in [-0.15, -0.1) is 0 Å². The van der Waals surface area contributed by atoms with Crippen LogP contribution in [0.2, 0.25) is 0 Å². The van der Waals surface area contributed by atoms with E-state index in [1.165, 1.54) is 4.90 Å². The van der Waals surface area contributed by atoms with Gasteiger partial charge in [-0.25, -0.2) is 18.7 Å². The van der Waals surface area contributed by atoms with E-state index in [4.69, 9.17) is 4.99 Å². The van der Waals surface area contributed by atoms with Crippen molar-refractivity contribution in [2.75, 3.05) is 11.1 Å². The number of rotatable bonds is 5. The van der Waals surface area contributed by atoms with E-state index in [0.29, 0.717) is 29.2 Å². The van der Waals surface area contributed by atoms with Crippen molar-refractivity contribution in [1.29, 1.82) is 0 Å². The summed E-state index contributed by atoms with van der Waals surface area (Å²) in [5.41, 5.74) is 2.27. The summed E-state index contributed by atoms with van der Waals surface area (Å²) in [6.45, 7) is 0. The largest absolute Gasteiger partial charge is 0.323 e. The van der Waals surface area contributed by atoms with Crippen molar-refractivity contribution >= 4 is 46.0 Å². The summed E-state index contributed by atoms with van der Waals surface area (Å²) in [5.74, 6) is -1.95. The zero-order valence-corrected chi connectivity index (χ0v) is 18.6. The van der Waals surface area contributed by atoms with Crippen molar-refractivity contribution in [1.82, 2.24) is 4.90 Å². The van der Waals surface area contributed by atoms with E-state index in [-0.39, 0.29) is 17.3 Å². The van der Waals surface area contributed by atoms with Crippen molar-refractivity contribution < 1.29 is 18.4 Å². The zero-order chi connectivity index (χ0) is 23.7. The number of thioether (sulfide) groups is 1. The van der Waals surface area contributed by atoms with Crippen LogP contribution >= 0.6 is 11.8 Å². The number of nitrogens with zero attached hydrogens (tertiary/aromatic N) is 3. The smallest absolute Gasteiger partial charge is 0.259 e. The number of aliphatic imine (C=N–C) groups is 2. The van der Waals surface area contributed by atoms with Gasteiger partial charge < -0.3 is 5.32 Å². The number of hydrogen-bond donors (Lipinski definition) is 1. The predicted molar refractivity (Wildman–Crippen MR) is 128 cm³/mol. The Bertz CT molecular complexity index is 1340. The Kier molecular flexibility index (Phi) is 5.93. The first-order valence-electron chi connectivity index (χ1n) is 10.5. The highest BCUT2D eigenvalue weighted by atomic mass is 32.2. The van der Waals surface area contributed by atoms with E-state index < -0.39 is 23.6 Å². The third-order valence-corrected chi connectivity index (χ3v) is 6.30. The van der Waals surface area contributed by atoms with Gasteiger partial charge in [-0.3, -0.25) is 14.6 Å². The van der Waals surface area contributed by atoms with Gasteiger partial charge in [0.15, 0.2) is 5.17 Å². The second-order valence-electron chi connectivity index (χ2n) is 7.70. The molecule has 0 bridgehead atoms. The Morgan fingerprint density at radius 1 is 1.03 bits per heavy atom. The monoisotopic (exact) mass is 476 g/mol. The van der Waals surface area contributed by atoms with Crippen LogP contribution in [0.4, 0.5) is 20.2 Å². The highest BCUT2D eigenvalue weighted by Gasteiger charge is 2.41. The average molecular weight is 477 g/mol. The first kappa shape index (κ1) is 22.0. The van der Waals surface area contributed by atoms with Crippen LogP contribution in [0.15, 0.2) is 82.8 Å². The number of para-hydroxylation sites is 1. The molecule has 9 heteroatoms. The van der Waals surface area contributed by atoms with Crippen molar-refractivity contribution in [2.45, 2.75) is 12.5 Å². The highest BCUT2D eigenvalue weighted by Crippen LogP contribution is 2.34. The molecule has 1 atom stereocenters. The summed E-state index contributed by atoms with van der Waals surface area (Å²) in [4.78, 5) is 36.5. The van der Waals surface area contributed by atoms with Crippen LogP contribution < -0.4 is 5.32 Å². The number of benzene rings is 3. The van der Waals surface area contributed by atoms with Gasteiger partial charge in [0, 0.05) is 18.1 Å². The van der Waals surface area contributed by atoms with Gasteiger partial charge in [0.2, 0.25) is 5.91 Å². The van der Waals surface area contributed by atoms with E-state index in [2.05, 4.69) is 10.3 Å². The number of amides is 2. The lowest BCUT2D eigenvalue weighted by molar-refractivity contribution is -0.124. The summed E-state index contributed by atoms with van der Waals surface area (Å²) in [6.07, 6.45) is 0.449. The van der Waals surface area contributed by atoms with Crippen molar-refractivity contribution in [3.8, 4) is 0 Å². The van der Waals surface area contributed by atoms with E-state index in [0.717, 1.165) is 35.0 Å². The molecule has 6 nitrogen and oxygen atoms in total. The molecule has 5 rings (SSSR count). The SMILES string of the molecule is O=C(CSC1=Nc2ccccc2C2=N[C@@H](Cc3ccccc3)C(=O)N12)Nc1ccc(F)cc1F. The number of nitrogens with one attached hydrogen (secondary N) is 1. The minimum absolute atomic E-state index is 0.120. The molecule has 0 aromatic heterocycles. The summed E-state index contributed by atoms with van der Waals surface area (Å²) >= 11 is 1.05. The fourth-order valence-corrected chi connectivity index (χ4v) is 4.58. The number of carbonyl (C=O) groups is 2. The number of fused-ring (bicyclic) bond motifs is 3. The quantitative estimate of drug-likeness (QED) is 0.588. The van der Waals surface area contributed by atoms with Gasteiger partial charge >= 0.3 is 0 Å². The molecule has 3 aromatic rings. The van der Waals surface area contributed by atoms with Crippen LogP contribution in [0, 0.1) is 11.6 Å². The molecule has 3 aromatic carbocycles. The molecule has 2 amide bonds. The third-order valence-electron chi connectivity index (χ3n) is 5.36. The van der Waals surface area contributed by atoms with Gasteiger partial charge in [-0.1, -0.05) is 54.2 Å². The Hall–Kier alpha value is -3.85. The Morgan fingerprint density at radius 2 is 1.79 bits per heavy atom. The van der Waals surface area contributed by atoms with Gasteiger partial charge in [-0.2, -0.15) is 0 Å². The molecule has 2 heterocycles. The summed E-state index contributed by atoms with van der Waals surface area (Å²) in [5, 5.41) is 2.74. The maximum absolute atomic E-state index is 13.9. The lowest BCUT2D eigenvalue weighted by Gasteiger charge is -2.25. The van der Waals surface area contributed by atoms with E-state index >= 15 is 0 Å². The molecule has 34 heavy (non-hydrogen) atoms. The fraction of sp³-hybridized carbons (Fsp3) is 0.120. The summed E-state index contributed by atoms with van der Waals surface area (Å²) in [7, 11) is 0. The summed E-state index contributed by atoms with van der Waals surface area (Å²) < 4.78 is 27.0. The van der Waals surface area contributed by atoms with Crippen LogP contribution in [0.25, 0.3) is 0 Å². The predicted octanol–water partition coefficient (Wildman–Crippen LogP) is 4.54. The fourth-order valence-electron chi connectivity index (χ4n) is 3.78. The topological polar surface area (TPSA) is 74.1 Å². The lowest BCUT2D eigenvalue weighted by Crippen LogP contribution is -2.41. The minimum Gasteiger partial charge on any atom is -0.323 e. The van der Waals surface area contributed by atoms with Gasteiger partial charge in [0.25, 0.3) is 5.91 Å². The number of halogens is 2. The molecule has 0 saturated carbocycles. The third kappa shape index (κ3) is 4.34. The molecule has 0 radical (unpaired) electrons. The highest BCUT2D eigenvalue weighted by molar-refractivity contribution is 8.14. The molecule has 0 unspecified atom stereocenters. The maximum Gasteiger partial charge on any atom is 0.259 e. The number of hydrogen-bond acceptors (Lipinski definition) is 5. The van der Waals surface area contributed by atoms with E-state index in [9.17, 15) is 18.4 Å². The second-order valence-corrected chi connectivity index (χ2v) is 8.65. The van der Waals surface area contributed by atoms with Crippen molar-refractivity contribution in [3.05, 3.63) is 95.6 Å². The Balaban J connectivity index is 1.36. The molecule has 0 saturated heterocycles. The van der Waals surface area contributed by atoms with Gasteiger partial charge in [0.05, 0.1) is 17.1 Å². The second kappa shape index (κ2) is 9.18. The van der Waals surface area contributed by atoms with Crippen LogP contribution in [-0.2, 0) is 16.0 Å². The average Bonchev–Trinajstić information content (AvgIpc) is 3.16. The molecule has 1 N–H and O–H groups in total. The molecular formula is C25H18F2N4O2S. The molecule has 0 aliphatic carbocycles. The lowest BCUT2D eigenvalue weighted by atomic mass is 10.1. The standard InChI is InChI=1S/C25H18F2N4O2S/c26-16-10-11-20(18(27)13-16)28-22(32)14-34-25-30-19-9-5-4-8-17(19)23-29-21(24(33)31(23)25)12-15-6-2-1-3-7-15/h1-11,13,21H,12,14H2,(H,28,32)/t21-/m0/s1. The first-order chi connectivity index (χ1) is 16.5. The van der Waals surface area contributed by atoms with Crippen molar-refractivity contribution in [3.63, 3.8) is 0 Å². The van der Waals surface area contributed by atoms with E-state index in [1.54, 1.807) is 0 Å². The minimum atomic E-state index is -0.866. The van der Waals surface area contributed by atoms with E-state index in [1.807, 2.05) is 54.6 Å². The Labute approximate surface area is 198 Å². The summed E-state index contributed by atoms with van der Waals surface area (Å²) in [6, 6.07) is 19.3. The first-order valence-corrected chi connectivity index (χ1v) is 11.5. The molecule has 2 aliphatic heterocycles. The number of carbonyl (C=O) groups excluding carboxylic acids is 2. The molecular weight excluding hydrogens is 458 g/mol. The number of amidine groups is 2. The molecule has 0 spiro atoms. The molecule has 170 valence electrons. The maximum atomic E-state index is 13.9. The van der Waals surface area contributed by atoms with Gasteiger partial charge in [0.1, 0.15) is 23.5 Å². The normalized spacial score (nSPS) is 16.5. The number of anilines is 1. The zero-order valence-electron chi connectivity index (χ0n) is 17.7. The van der Waals surface area contributed by atoms with Crippen LogP contribution in [0.3, 0.4) is 0 Å². The van der Waals surface area contributed by atoms with Crippen LogP contribution in [0.1, 0.15) is 11.1 Å².